The van der Waals surface area contributed by atoms with Gasteiger partial charge in [-0.1, -0.05) is 60.9 Å². The molecule has 4 aliphatic carbocycles. The molecule has 0 amide bonds. The first kappa shape index (κ1) is 13.9. The Balaban J connectivity index is 0.000000123. The van der Waals surface area contributed by atoms with Crippen LogP contribution in [0.25, 0.3) is 0 Å². The fourth-order valence-corrected chi connectivity index (χ4v) is 4.21. The van der Waals surface area contributed by atoms with E-state index in [4.69, 9.17) is 0 Å². The Kier molecular flexibility index (Phi) is 4.29. The first-order valence-corrected chi connectivity index (χ1v) is 8.50. The van der Waals surface area contributed by atoms with E-state index in [9.17, 15) is 0 Å². The molecule has 0 heterocycles. The monoisotopic (exact) mass is 268 g/mol. The highest BCUT2D eigenvalue weighted by atomic mass is 14.3. The van der Waals surface area contributed by atoms with E-state index in [0.29, 0.717) is 0 Å². The van der Waals surface area contributed by atoms with E-state index in [0.717, 1.165) is 23.7 Å². The van der Waals surface area contributed by atoms with Crippen molar-refractivity contribution in [3.05, 3.63) is 47.6 Å². The third kappa shape index (κ3) is 2.85. The van der Waals surface area contributed by atoms with Crippen LogP contribution >= 0.6 is 0 Å². The highest BCUT2D eigenvalue weighted by Crippen LogP contribution is 2.43. The van der Waals surface area contributed by atoms with Gasteiger partial charge in [-0.25, -0.2) is 0 Å². The van der Waals surface area contributed by atoms with Crippen LogP contribution < -0.4 is 0 Å². The molecule has 2 saturated carbocycles. The van der Waals surface area contributed by atoms with Crippen molar-refractivity contribution in [1.82, 2.24) is 0 Å². The van der Waals surface area contributed by atoms with E-state index in [2.05, 4.69) is 50.3 Å². The molecule has 0 nitrogen and oxygen atoms in total. The van der Waals surface area contributed by atoms with Gasteiger partial charge in [-0.05, 0) is 62.7 Å². The average Bonchev–Trinajstić information content (AvgIpc) is 3.24. The third-order valence-electron chi connectivity index (χ3n) is 5.36. The van der Waals surface area contributed by atoms with Gasteiger partial charge < -0.3 is 0 Å². The molecule has 0 spiro atoms. The van der Waals surface area contributed by atoms with E-state index in [-0.39, 0.29) is 0 Å². The lowest BCUT2D eigenvalue weighted by Gasteiger charge is -2.06. The molecule has 4 bridgehead atoms. The van der Waals surface area contributed by atoms with Crippen molar-refractivity contribution in [3.63, 3.8) is 0 Å². The van der Waals surface area contributed by atoms with E-state index in [1.165, 1.54) is 38.5 Å². The molecule has 0 aliphatic heterocycles. The van der Waals surface area contributed by atoms with Crippen molar-refractivity contribution in [1.29, 1.82) is 0 Å². The van der Waals surface area contributed by atoms with Gasteiger partial charge in [-0.2, -0.15) is 0 Å². The molecule has 0 saturated heterocycles. The topological polar surface area (TPSA) is 0 Å². The van der Waals surface area contributed by atoms with Crippen LogP contribution in [0.15, 0.2) is 47.6 Å². The molecule has 0 aromatic rings. The fourth-order valence-electron chi connectivity index (χ4n) is 4.21. The smallest absolute Gasteiger partial charge is 0.00173 e. The van der Waals surface area contributed by atoms with Gasteiger partial charge in [-0.3, -0.25) is 0 Å². The van der Waals surface area contributed by atoms with Crippen LogP contribution in [0.3, 0.4) is 0 Å². The minimum Gasteiger partial charge on any atom is -0.0878 e. The number of unbranched alkanes of at least 4 members (excludes halogenated alkanes) is 1. The van der Waals surface area contributed by atoms with E-state index < -0.39 is 0 Å². The van der Waals surface area contributed by atoms with Crippen molar-refractivity contribution in [3.8, 4) is 0 Å². The minimum absolute atomic E-state index is 0.833. The van der Waals surface area contributed by atoms with Gasteiger partial charge >= 0.3 is 0 Å². The lowest BCUT2D eigenvalue weighted by Crippen LogP contribution is -1.91. The van der Waals surface area contributed by atoms with Gasteiger partial charge in [0.05, 0.1) is 0 Å². The molecule has 20 heavy (non-hydrogen) atoms. The second kappa shape index (κ2) is 6.16. The molecule has 0 aromatic carbocycles. The summed E-state index contributed by atoms with van der Waals surface area (Å²) < 4.78 is 0. The van der Waals surface area contributed by atoms with Gasteiger partial charge in [0.25, 0.3) is 0 Å². The van der Waals surface area contributed by atoms with E-state index in [1.807, 2.05) is 0 Å². The zero-order valence-corrected chi connectivity index (χ0v) is 13.0. The Hall–Kier alpha value is -1.04. The van der Waals surface area contributed by atoms with Crippen LogP contribution in [0.1, 0.15) is 52.4 Å². The highest BCUT2D eigenvalue weighted by molar-refractivity contribution is 5.27. The van der Waals surface area contributed by atoms with Gasteiger partial charge in [-0.15, -0.1) is 0 Å². The molecule has 0 radical (unpaired) electrons. The maximum Gasteiger partial charge on any atom is -0.00173 e. The second-order valence-corrected chi connectivity index (χ2v) is 6.81. The van der Waals surface area contributed by atoms with Crippen LogP contribution in [0.4, 0.5) is 0 Å². The number of allylic oxidation sites excluding steroid dienone is 8. The zero-order chi connectivity index (χ0) is 13.9. The summed E-state index contributed by atoms with van der Waals surface area (Å²) in [7, 11) is 0. The van der Waals surface area contributed by atoms with Crippen molar-refractivity contribution < 1.29 is 0 Å². The second-order valence-electron chi connectivity index (χ2n) is 6.81. The minimum atomic E-state index is 0.833. The predicted molar refractivity (Wildman–Crippen MR) is 87.5 cm³/mol. The number of hydrogen-bond acceptors (Lipinski definition) is 0. The van der Waals surface area contributed by atoms with Crippen LogP contribution in [-0.4, -0.2) is 0 Å². The molecule has 4 atom stereocenters. The van der Waals surface area contributed by atoms with Crippen molar-refractivity contribution in [2.45, 2.75) is 52.4 Å². The van der Waals surface area contributed by atoms with Crippen LogP contribution in [0, 0.1) is 23.7 Å². The standard InChI is InChI=1S/C11H16.C9H12/c1-2-3-4-10-7-9-5-6-11(10)8-9;1-2-8-5-7-3-4-9(8)6-7/h4-6,9,11H,2-3,7-8H2,1H3;2-4,7,9H,5-6H2,1H3. The summed E-state index contributed by atoms with van der Waals surface area (Å²) in [6, 6.07) is 0. The summed E-state index contributed by atoms with van der Waals surface area (Å²) >= 11 is 0. The van der Waals surface area contributed by atoms with Crippen molar-refractivity contribution in [2.75, 3.05) is 0 Å². The lowest BCUT2D eigenvalue weighted by atomic mass is 9.99. The number of rotatable bonds is 2. The summed E-state index contributed by atoms with van der Waals surface area (Å²) in [6.07, 6.45) is 22.4. The summed E-state index contributed by atoms with van der Waals surface area (Å²) in [5.74, 6) is 3.48. The fraction of sp³-hybridized carbons (Fsp3) is 0.600. The predicted octanol–water partition coefficient (Wildman–Crippen LogP) is 5.84. The molecule has 0 heteroatoms. The van der Waals surface area contributed by atoms with Gasteiger partial charge in [0.2, 0.25) is 0 Å². The Morgan fingerprint density at radius 1 is 0.950 bits per heavy atom. The summed E-state index contributed by atoms with van der Waals surface area (Å²) in [6.45, 7) is 4.41. The third-order valence-corrected chi connectivity index (χ3v) is 5.36. The molecule has 4 aliphatic rings. The molecular weight excluding hydrogens is 240 g/mol. The maximum atomic E-state index is 2.47. The SMILES string of the molecule is CC=C1CC2C=CC1C2.CCCC=C1CC2C=CC1C2. The Morgan fingerprint density at radius 3 is 1.90 bits per heavy atom. The quantitative estimate of drug-likeness (QED) is 0.552. The largest absolute Gasteiger partial charge is 0.0878 e. The normalized spacial score (nSPS) is 39.9. The Labute approximate surface area is 124 Å². The molecular formula is C20H28. The molecule has 2 fully saturated rings. The van der Waals surface area contributed by atoms with Crippen LogP contribution in [-0.2, 0) is 0 Å². The molecule has 0 aromatic heterocycles. The van der Waals surface area contributed by atoms with Gasteiger partial charge in [0.15, 0.2) is 0 Å². The Bertz CT molecular complexity index is 460. The summed E-state index contributed by atoms with van der Waals surface area (Å²) in [4.78, 5) is 0. The lowest BCUT2D eigenvalue weighted by molar-refractivity contribution is 0.693. The zero-order valence-electron chi connectivity index (χ0n) is 13.0. The summed E-state index contributed by atoms with van der Waals surface area (Å²) in [5.41, 5.74) is 3.39. The van der Waals surface area contributed by atoms with Gasteiger partial charge in [0.1, 0.15) is 0 Å². The van der Waals surface area contributed by atoms with Gasteiger partial charge in [0, 0.05) is 0 Å². The molecule has 4 rings (SSSR count). The van der Waals surface area contributed by atoms with E-state index >= 15 is 0 Å². The average molecular weight is 268 g/mol. The molecule has 0 N–H and O–H groups in total. The first-order chi connectivity index (χ1) is 9.80. The van der Waals surface area contributed by atoms with Crippen molar-refractivity contribution >= 4 is 0 Å². The summed E-state index contributed by atoms with van der Waals surface area (Å²) in [5, 5.41) is 0. The van der Waals surface area contributed by atoms with Crippen molar-refractivity contribution in [2.24, 2.45) is 23.7 Å². The first-order valence-electron chi connectivity index (χ1n) is 8.50. The molecule has 4 unspecified atom stereocenters. The molecule has 108 valence electrons. The Morgan fingerprint density at radius 2 is 1.55 bits per heavy atom. The van der Waals surface area contributed by atoms with Crippen LogP contribution in [0.2, 0.25) is 0 Å². The van der Waals surface area contributed by atoms with Crippen LogP contribution in [0.5, 0.6) is 0 Å². The number of fused-ring (bicyclic) bond motifs is 4. The maximum absolute atomic E-state index is 2.47. The number of hydrogen-bond donors (Lipinski definition) is 0. The highest BCUT2D eigenvalue weighted by Gasteiger charge is 2.30. The van der Waals surface area contributed by atoms with E-state index in [1.54, 1.807) is 11.1 Å².